The first-order chi connectivity index (χ1) is 8.08. The topological polar surface area (TPSA) is 59.0 Å². The average molecular weight is 236 g/mol. The number of nitrogens with one attached hydrogen (secondary N) is 2. The highest BCUT2D eigenvalue weighted by molar-refractivity contribution is 5.81. The number of nitrogens with zero attached hydrogens (tertiary/aromatic N) is 2. The highest BCUT2D eigenvalue weighted by Gasteiger charge is 2.25. The van der Waals surface area contributed by atoms with Gasteiger partial charge in [0.25, 0.3) is 0 Å². The highest BCUT2D eigenvalue weighted by atomic mass is 16.2. The van der Waals surface area contributed by atoms with Crippen LogP contribution in [0.3, 0.4) is 0 Å². The number of aromatic nitrogens is 2. The van der Waals surface area contributed by atoms with Gasteiger partial charge in [0.2, 0.25) is 5.91 Å². The summed E-state index contributed by atoms with van der Waals surface area (Å²) < 4.78 is 1.84. The number of hydrogen-bond donors (Lipinski definition) is 2. The van der Waals surface area contributed by atoms with Crippen LogP contribution in [0.2, 0.25) is 0 Å². The van der Waals surface area contributed by atoms with E-state index in [1.807, 2.05) is 31.8 Å². The average Bonchev–Trinajstić information content (AvgIpc) is 3.05. The molecule has 0 aliphatic heterocycles. The molecule has 0 radical (unpaired) electrons. The molecule has 0 saturated heterocycles. The maximum Gasteiger partial charge on any atom is 0.237 e. The van der Waals surface area contributed by atoms with Crippen LogP contribution in [0.4, 0.5) is 0 Å². The Morgan fingerprint density at radius 1 is 1.65 bits per heavy atom. The first kappa shape index (κ1) is 12.1. The molecule has 5 nitrogen and oxygen atoms in total. The molecule has 1 aromatic heterocycles. The quantitative estimate of drug-likeness (QED) is 0.782. The minimum atomic E-state index is -0.157. The Labute approximate surface area is 102 Å². The van der Waals surface area contributed by atoms with Crippen molar-refractivity contribution in [2.24, 2.45) is 7.05 Å². The minimum absolute atomic E-state index is 0.0917. The van der Waals surface area contributed by atoms with Crippen molar-refractivity contribution >= 4 is 5.91 Å². The molecule has 1 aromatic rings. The van der Waals surface area contributed by atoms with Crippen molar-refractivity contribution < 1.29 is 4.79 Å². The Morgan fingerprint density at radius 3 is 2.88 bits per heavy atom. The monoisotopic (exact) mass is 236 g/mol. The molecular formula is C12H20N4O. The molecular weight excluding hydrogens is 216 g/mol. The van der Waals surface area contributed by atoms with E-state index in [4.69, 9.17) is 0 Å². The Hall–Kier alpha value is -1.36. The van der Waals surface area contributed by atoms with Crippen molar-refractivity contribution in [2.75, 3.05) is 0 Å². The van der Waals surface area contributed by atoms with Gasteiger partial charge in [0, 0.05) is 30.9 Å². The van der Waals surface area contributed by atoms with Crippen molar-refractivity contribution in [3.05, 3.63) is 17.5 Å². The van der Waals surface area contributed by atoms with Gasteiger partial charge in [0.15, 0.2) is 0 Å². The van der Waals surface area contributed by atoms with Crippen LogP contribution >= 0.6 is 0 Å². The summed E-state index contributed by atoms with van der Waals surface area (Å²) in [4.78, 5) is 11.7. The van der Waals surface area contributed by atoms with E-state index in [0.717, 1.165) is 24.1 Å². The zero-order valence-electron chi connectivity index (χ0n) is 10.7. The second-order valence-corrected chi connectivity index (χ2v) is 4.76. The lowest BCUT2D eigenvalue weighted by Crippen LogP contribution is -2.42. The second kappa shape index (κ2) is 4.87. The lowest BCUT2D eigenvalue weighted by Gasteiger charge is -2.13. The normalized spacial score (nSPS) is 16.9. The third-order valence-electron chi connectivity index (χ3n) is 3.25. The summed E-state index contributed by atoms with van der Waals surface area (Å²) in [5.41, 5.74) is 2.27. The van der Waals surface area contributed by atoms with Gasteiger partial charge in [-0.1, -0.05) is 0 Å². The molecule has 1 atom stereocenters. The first-order valence-corrected chi connectivity index (χ1v) is 6.09. The molecule has 0 spiro atoms. The Kier molecular flexibility index (Phi) is 3.47. The predicted octanol–water partition coefficient (Wildman–Crippen LogP) is 0.485. The van der Waals surface area contributed by atoms with E-state index in [-0.39, 0.29) is 11.9 Å². The van der Waals surface area contributed by atoms with Crippen LogP contribution in [-0.2, 0) is 18.4 Å². The van der Waals surface area contributed by atoms with E-state index in [2.05, 4.69) is 15.7 Å². The fraction of sp³-hybridized carbons (Fsp3) is 0.667. The van der Waals surface area contributed by atoms with E-state index in [1.165, 1.54) is 0 Å². The van der Waals surface area contributed by atoms with Crippen LogP contribution < -0.4 is 10.6 Å². The third-order valence-corrected chi connectivity index (χ3v) is 3.25. The molecule has 0 aromatic carbocycles. The standard InChI is InChI=1S/C12H20N4O/c1-8(12(17)15-11-4-5-11)13-6-10-7-14-16(3)9(10)2/h7-8,11,13H,4-6H2,1-3H3,(H,15,17). The number of amides is 1. The summed E-state index contributed by atoms with van der Waals surface area (Å²) >= 11 is 0. The third kappa shape index (κ3) is 3.06. The van der Waals surface area contributed by atoms with Gasteiger partial charge >= 0.3 is 0 Å². The van der Waals surface area contributed by atoms with Gasteiger partial charge in [0.1, 0.15) is 0 Å². The molecule has 1 aliphatic rings. The van der Waals surface area contributed by atoms with E-state index in [9.17, 15) is 4.79 Å². The zero-order valence-corrected chi connectivity index (χ0v) is 10.7. The Balaban J connectivity index is 1.80. The number of rotatable bonds is 5. The Bertz CT molecular complexity index is 409. The molecule has 1 heterocycles. The van der Waals surface area contributed by atoms with Crippen molar-refractivity contribution in [3.8, 4) is 0 Å². The van der Waals surface area contributed by atoms with Gasteiger partial charge in [-0.2, -0.15) is 5.10 Å². The van der Waals surface area contributed by atoms with Gasteiger partial charge < -0.3 is 10.6 Å². The summed E-state index contributed by atoms with van der Waals surface area (Å²) in [5, 5.41) is 10.4. The van der Waals surface area contributed by atoms with Crippen LogP contribution in [0.25, 0.3) is 0 Å². The maximum absolute atomic E-state index is 11.7. The van der Waals surface area contributed by atoms with Gasteiger partial charge in [-0.05, 0) is 26.7 Å². The molecule has 17 heavy (non-hydrogen) atoms. The summed E-state index contributed by atoms with van der Waals surface area (Å²) in [6.45, 7) is 4.60. The molecule has 94 valence electrons. The van der Waals surface area contributed by atoms with E-state index < -0.39 is 0 Å². The SMILES string of the molecule is Cc1c(CNC(C)C(=O)NC2CC2)cnn1C. The first-order valence-electron chi connectivity index (χ1n) is 6.09. The van der Waals surface area contributed by atoms with Gasteiger partial charge in [0.05, 0.1) is 12.2 Å². The second-order valence-electron chi connectivity index (χ2n) is 4.76. The number of carbonyl (C=O) groups is 1. The molecule has 2 rings (SSSR count). The van der Waals surface area contributed by atoms with Crippen molar-refractivity contribution in [1.82, 2.24) is 20.4 Å². The van der Waals surface area contributed by atoms with Gasteiger partial charge in [-0.3, -0.25) is 9.48 Å². The molecule has 1 aliphatic carbocycles. The molecule has 0 bridgehead atoms. The largest absolute Gasteiger partial charge is 0.352 e. The van der Waals surface area contributed by atoms with Crippen LogP contribution in [0.1, 0.15) is 31.0 Å². The van der Waals surface area contributed by atoms with Gasteiger partial charge in [-0.15, -0.1) is 0 Å². The lowest BCUT2D eigenvalue weighted by molar-refractivity contribution is -0.122. The number of aryl methyl sites for hydroxylation is 1. The number of hydrogen-bond acceptors (Lipinski definition) is 3. The van der Waals surface area contributed by atoms with Crippen LogP contribution in [0.5, 0.6) is 0 Å². The van der Waals surface area contributed by atoms with Crippen molar-refractivity contribution in [2.45, 2.75) is 45.3 Å². The molecule has 5 heteroatoms. The van der Waals surface area contributed by atoms with E-state index in [1.54, 1.807) is 0 Å². The summed E-state index contributed by atoms with van der Waals surface area (Å²) in [6, 6.07) is 0.266. The van der Waals surface area contributed by atoms with Crippen LogP contribution in [-0.4, -0.2) is 27.8 Å². The Morgan fingerprint density at radius 2 is 2.35 bits per heavy atom. The lowest BCUT2D eigenvalue weighted by atomic mass is 10.2. The fourth-order valence-electron chi connectivity index (χ4n) is 1.63. The molecule has 1 fully saturated rings. The molecule has 1 saturated carbocycles. The van der Waals surface area contributed by atoms with Crippen molar-refractivity contribution in [3.63, 3.8) is 0 Å². The van der Waals surface area contributed by atoms with Crippen LogP contribution in [0.15, 0.2) is 6.20 Å². The van der Waals surface area contributed by atoms with E-state index >= 15 is 0 Å². The smallest absolute Gasteiger partial charge is 0.237 e. The fourth-order valence-corrected chi connectivity index (χ4v) is 1.63. The van der Waals surface area contributed by atoms with E-state index in [0.29, 0.717) is 12.6 Å². The van der Waals surface area contributed by atoms with Crippen molar-refractivity contribution in [1.29, 1.82) is 0 Å². The number of carbonyl (C=O) groups excluding carboxylic acids is 1. The van der Waals surface area contributed by atoms with Gasteiger partial charge in [-0.25, -0.2) is 0 Å². The van der Waals surface area contributed by atoms with Crippen LogP contribution in [0, 0.1) is 6.92 Å². The zero-order chi connectivity index (χ0) is 12.4. The predicted molar refractivity (Wildman–Crippen MR) is 65.4 cm³/mol. The molecule has 1 amide bonds. The summed E-state index contributed by atoms with van der Waals surface area (Å²) in [7, 11) is 1.92. The molecule has 2 N–H and O–H groups in total. The minimum Gasteiger partial charge on any atom is -0.352 e. The maximum atomic E-state index is 11.7. The molecule has 1 unspecified atom stereocenters. The summed E-state index contributed by atoms with van der Waals surface area (Å²) in [5.74, 6) is 0.0917. The summed E-state index contributed by atoms with van der Waals surface area (Å²) in [6.07, 6.45) is 4.09. The highest BCUT2D eigenvalue weighted by Crippen LogP contribution is 2.18.